The molecule has 1 amide bonds. The number of carboxylic acids is 1. The number of carboxylic acid groups (broad SMARTS) is 1. The second-order valence-corrected chi connectivity index (χ2v) is 9.62. The number of nitrogens with zero attached hydrogens (tertiary/aromatic N) is 2. The Morgan fingerprint density at radius 3 is 2.38 bits per heavy atom. The normalized spacial score (nSPS) is 26.4. The Morgan fingerprint density at radius 1 is 1.15 bits per heavy atom. The van der Waals surface area contributed by atoms with Gasteiger partial charge in [0.1, 0.15) is 18.1 Å². The fourth-order valence-electron chi connectivity index (χ4n) is 6.00. The Morgan fingerprint density at radius 2 is 1.79 bits per heavy atom. The average Bonchev–Trinajstić information content (AvgIpc) is 3.55. The summed E-state index contributed by atoms with van der Waals surface area (Å²) in [6, 6.07) is 16.4. The standard InChI is InChI=1S/C26H25N3O5/c1-29-11-16(10-28-29)22-26(23(30)31)13-25(14-26,34-22)15-27-24(32)33-12-21-19-8-4-2-6-17(19)18-7-3-5-9-20(18)21/h2-11,21-22H,12-15H2,1H3,(H,27,32)(H,30,31). The summed E-state index contributed by atoms with van der Waals surface area (Å²) in [6.45, 7) is 0.431. The van der Waals surface area contributed by atoms with E-state index in [9.17, 15) is 14.7 Å². The van der Waals surface area contributed by atoms with Crippen molar-refractivity contribution in [3.8, 4) is 11.1 Å². The van der Waals surface area contributed by atoms with Crippen LogP contribution in [0.25, 0.3) is 11.1 Å². The van der Waals surface area contributed by atoms with Gasteiger partial charge in [0.25, 0.3) is 0 Å². The van der Waals surface area contributed by atoms with Crippen molar-refractivity contribution in [2.45, 2.75) is 30.5 Å². The van der Waals surface area contributed by atoms with Crippen molar-refractivity contribution in [1.82, 2.24) is 15.1 Å². The van der Waals surface area contributed by atoms with Crippen LogP contribution in [0.5, 0.6) is 0 Å². The molecule has 1 atom stereocenters. The van der Waals surface area contributed by atoms with Crippen molar-refractivity contribution in [2.75, 3.05) is 13.2 Å². The van der Waals surface area contributed by atoms with Crippen LogP contribution >= 0.6 is 0 Å². The minimum absolute atomic E-state index is 0.0163. The monoisotopic (exact) mass is 459 g/mol. The minimum atomic E-state index is -0.980. The second-order valence-electron chi connectivity index (χ2n) is 9.62. The number of alkyl carbamates (subject to hydrolysis) is 1. The number of ether oxygens (including phenoxy) is 2. The Balaban J connectivity index is 1.10. The van der Waals surface area contributed by atoms with Crippen LogP contribution in [0, 0.1) is 5.41 Å². The molecule has 0 spiro atoms. The Kier molecular flexibility index (Phi) is 4.57. The van der Waals surface area contributed by atoms with E-state index >= 15 is 0 Å². The summed E-state index contributed by atoms with van der Waals surface area (Å²) in [5.74, 6) is -0.895. The third-order valence-electron chi connectivity index (χ3n) is 7.50. The van der Waals surface area contributed by atoms with E-state index in [1.54, 1.807) is 24.1 Å². The number of hydrogen-bond acceptors (Lipinski definition) is 5. The molecule has 7 rings (SSSR count). The average molecular weight is 460 g/mol. The summed E-state index contributed by atoms with van der Waals surface area (Å²) >= 11 is 0. The van der Waals surface area contributed by atoms with E-state index in [0.29, 0.717) is 12.8 Å². The Hall–Kier alpha value is -3.65. The molecule has 3 aromatic rings. The number of nitrogens with one attached hydrogen (secondary N) is 1. The molecule has 4 aliphatic rings. The molecule has 3 heterocycles. The van der Waals surface area contributed by atoms with Gasteiger partial charge in [-0.3, -0.25) is 9.48 Å². The first-order valence-electron chi connectivity index (χ1n) is 11.4. The van der Waals surface area contributed by atoms with E-state index in [1.165, 1.54) is 11.1 Å². The summed E-state index contributed by atoms with van der Waals surface area (Å²) in [7, 11) is 1.78. The molecule has 8 heteroatoms. The molecule has 1 aromatic heterocycles. The van der Waals surface area contributed by atoms with Crippen LogP contribution in [0.15, 0.2) is 60.9 Å². The molecule has 0 radical (unpaired) electrons. The van der Waals surface area contributed by atoms with Gasteiger partial charge in [0, 0.05) is 24.7 Å². The van der Waals surface area contributed by atoms with Crippen LogP contribution in [0.2, 0.25) is 0 Å². The zero-order chi connectivity index (χ0) is 23.5. The minimum Gasteiger partial charge on any atom is -0.481 e. The second kappa shape index (κ2) is 7.43. The van der Waals surface area contributed by atoms with E-state index in [1.807, 2.05) is 24.3 Å². The third-order valence-corrected chi connectivity index (χ3v) is 7.50. The number of fused-ring (bicyclic) bond motifs is 4. The number of carbonyl (C=O) groups excluding carboxylic acids is 1. The predicted octanol–water partition coefficient (Wildman–Crippen LogP) is 3.63. The number of aliphatic carboxylic acids is 1. The summed E-state index contributed by atoms with van der Waals surface area (Å²) in [5, 5.41) is 16.8. The summed E-state index contributed by atoms with van der Waals surface area (Å²) in [6.07, 6.45) is 3.00. The molecule has 2 N–H and O–H groups in total. The molecule has 2 aliphatic heterocycles. The molecule has 3 fully saturated rings. The van der Waals surface area contributed by atoms with E-state index in [2.05, 4.69) is 34.7 Å². The summed E-state index contributed by atoms with van der Waals surface area (Å²) in [4.78, 5) is 24.7. The highest BCUT2D eigenvalue weighted by molar-refractivity contribution is 5.80. The molecule has 2 saturated heterocycles. The van der Waals surface area contributed by atoms with Gasteiger partial charge in [-0.15, -0.1) is 0 Å². The van der Waals surface area contributed by atoms with Crippen molar-refractivity contribution in [3.63, 3.8) is 0 Å². The zero-order valence-corrected chi connectivity index (χ0v) is 18.7. The van der Waals surface area contributed by atoms with Crippen LogP contribution in [-0.4, -0.2) is 45.7 Å². The first kappa shape index (κ1) is 20.9. The first-order chi connectivity index (χ1) is 16.4. The predicted molar refractivity (Wildman–Crippen MR) is 122 cm³/mol. The van der Waals surface area contributed by atoms with E-state index in [4.69, 9.17) is 9.47 Å². The number of hydrogen-bond donors (Lipinski definition) is 2. The van der Waals surface area contributed by atoms with Gasteiger partial charge in [0.2, 0.25) is 0 Å². The zero-order valence-electron chi connectivity index (χ0n) is 18.7. The highest BCUT2D eigenvalue weighted by Crippen LogP contribution is 2.67. The maximum atomic E-state index is 12.6. The van der Waals surface area contributed by atoms with Crippen LogP contribution in [0.1, 0.15) is 41.6 Å². The quantitative estimate of drug-likeness (QED) is 0.584. The largest absolute Gasteiger partial charge is 0.481 e. The molecule has 34 heavy (non-hydrogen) atoms. The summed E-state index contributed by atoms with van der Waals surface area (Å²) in [5.41, 5.74) is 3.71. The lowest BCUT2D eigenvalue weighted by Crippen LogP contribution is -2.54. The van der Waals surface area contributed by atoms with E-state index < -0.39 is 29.2 Å². The van der Waals surface area contributed by atoms with E-state index in [-0.39, 0.29) is 19.1 Å². The van der Waals surface area contributed by atoms with Crippen LogP contribution < -0.4 is 5.32 Å². The molecular formula is C26H25N3O5. The van der Waals surface area contributed by atoms with E-state index in [0.717, 1.165) is 16.7 Å². The lowest BCUT2D eigenvalue weighted by atomic mass is 9.59. The van der Waals surface area contributed by atoms with Crippen molar-refractivity contribution < 1.29 is 24.2 Å². The van der Waals surface area contributed by atoms with Gasteiger partial charge in [0.05, 0.1) is 18.3 Å². The van der Waals surface area contributed by atoms with Gasteiger partial charge in [-0.25, -0.2) is 4.79 Å². The Labute approximate surface area is 196 Å². The number of amides is 1. The van der Waals surface area contributed by atoms with Gasteiger partial charge >= 0.3 is 12.1 Å². The SMILES string of the molecule is Cn1cc(C2OC3(CNC(=O)OCC4c5ccccc5-c5ccccc54)CC2(C(=O)O)C3)cn1. The molecule has 1 unspecified atom stereocenters. The maximum absolute atomic E-state index is 12.6. The maximum Gasteiger partial charge on any atom is 0.407 e. The third kappa shape index (κ3) is 3.05. The van der Waals surface area contributed by atoms with Gasteiger partial charge < -0.3 is 19.9 Å². The molecule has 2 aromatic carbocycles. The fraction of sp³-hybridized carbons (Fsp3) is 0.346. The molecule has 2 aliphatic carbocycles. The van der Waals surface area contributed by atoms with Crippen LogP contribution in [-0.2, 0) is 21.3 Å². The molecule has 8 nitrogen and oxygen atoms in total. The van der Waals surface area contributed by atoms with Gasteiger partial charge in [0.15, 0.2) is 0 Å². The number of rotatable bonds is 6. The van der Waals surface area contributed by atoms with Crippen LogP contribution in [0.3, 0.4) is 0 Å². The topological polar surface area (TPSA) is 103 Å². The van der Waals surface area contributed by atoms with Crippen molar-refractivity contribution >= 4 is 12.1 Å². The highest BCUT2D eigenvalue weighted by Gasteiger charge is 2.72. The molecule has 174 valence electrons. The lowest BCUT2D eigenvalue weighted by molar-refractivity contribution is -0.155. The number of carbonyl (C=O) groups is 2. The van der Waals surface area contributed by atoms with Crippen LogP contribution in [0.4, 0.5) is 4.79 Å². The smallest absolute Gasteiger partial charge is 0.407 e. The summed E-state index contributed by atoms with van der Waals surface area (Å²) < 4.78 is 13.4. The van der Waals surface area contributed by atoms with Gasteiger partial charge in [-0.2, -0.15) is 5.10 Å². The van der Waals surface area contributed by atoms with Crippen molar-refractivity contribution in [1.29, 1.82) is 0 Å². The van der Waals surface area contributed by atoms with Crippen molar-refractivity contribution in [3.05, 3.63) is 77.6 Å². The molecule has 1 saturated carbocycles. The Bertz CT molecular complexity index is 1250. The highest BCUT2D eigenvalue weighted by atomic mass is 16.6. The van der Waals surface area contributed by atoms with Crippen molar-refractivity contribution in [2.24, 2.45) is 12.5 Å². The molecular weight excluding hydrogens is 434 g/mol. The van der Waals surface area contributed by atoms with Gasteiger partial charge in [-0.1, -0.05) is 48.5 Å². The molecule has 2 bridgehead atoms. The fourth-order valence-corrected chi connectivity index (χ4v) is 6.00. The number of aryl methyl sites for hydroxylation is 1. The number of benzene rings is 2. The lowest BCUT2D eigenvalue weighted by Gasteiger charge is -2.42. The number of aromatic nitrogens is 2. The first-order valence-corrected chi connectivity index (χ1v) is 11.4. The van der Waals surface area contributed by atoms with Gasteiger partial charge in [-0.05, 0) is 35.1 Å².